The minimum absolute atomic E-state index is 0.0414. The zero-order valence-corrected chi connectivity index (χ0v) is 12.4. The van der Waals surface area contributed by atoms with E-state index < -0.39 is 17.5 Å². The van der Waals surface area contributed by atoms with Crippen LogP contribution in [-0.4, -0.2) is 21.1 Å². The van der Waals surface area contributed by atoms with E-state index in [1.54, 1.807) is 12.1 Å². The average molecular weight is 317 g/mol. The Bertz CT molecular complexity index is 741. The van der Waals surface area contributed by atoms with Gasteiger partial charge in [-0.25, -0.2) is 4.98 Å². The highest BCUT2D eigenvalue weighted by molar-refractivity contribution is 7.80. The monoisotopic (exact) mass is 317 g/mol. The van der Waals surface area contributed by atoms with Gasteiger partial charge in [-0.05, 0) is 43.4 Å². The van der Waals surface area contributed by atoms with E-state index in [2.05, 4.69) is 10.4 Å². The van der Waals surface area contributed by atoms with Crippen LogP contribution in [0.3, 0.4) is 0 Å². The predicted octanol–water partition coefficient (Wildman–Crippen LogP) is 2.61. The minimum atomic E-state index is -1.54. The zero-order valence-electron chi connectivity index (χ0n) is 11.6. The Morgan fingerprint density at radius 3 is 2.68 bits per heavy atom. The molecule has 2 heterocycles. The number of hydrazine groups is 1. The number of pyridine rings is 1. The van der Waals surface area contributed by atoms with Crippen LogP contribution in [0.4, 0.5) is 10.1 Å². The van der Waals surface area contributed by atoms with Gasteiger partial charge in [-0.15, -0.1) is 0 Å². The van der Waals surface area contributed by atoms with Gasteiger partial charge in [0.25, 0.3) is 11.1 Å². The zero-order chi connectivity index (χ0) is 15.7. The number of carbonyl (C=O) groups excluding carboxylic acids is 1. The normalized spacial score (nSPS) is 20.9. The van der Waals surface area contributed by atoms with Crippen molar-refractivity contribution in [3.63, 3.8) is 0 Å². The summed E-state index contributed by atoms with van der Waals surface area (Å²) in [6.45, 7) is 1.47. The number of rotatable bonds is 3. The number of benzene rings is 1. The summed E-state index contributed by atoms with van der Waals surface area (Å²) in [5.74, 6) is -1.27. The Morgan fingerprint density at radius 2 is 2.00 bits per heavy atom. The number of nitrogens with one attached hydrogen (secondary N) is 1. The average Bonchev–Trinajstić information content (AvgIpc) is 2.73. The molecule has 22 heavy (non-hydrogen) atoms. The van der Waals surface area contributed by atoms with Gasteiger partial charge in [-0.2, -0.15) is 9.40 Å². The smallest absolute Gasteiger partial charge is 0.297 e. The lowest BCUT2D eigenvalue weighted by Gasteiger charge is -2.21. The van der Waals surface area contributed by atoms with E-state index in [1.807, 2.05) is 18.2 Å². The molecule has 5 nitrogen and oxygen atoms in total. The SMILES string of the molecule is CC1(c2cccnc2F)OC(=S)N(Nc2ccccc2)C1=O. The fourth-order valence-corrected chi connectivity index (χ4v) is 2.51. The van der Waals surface area contributed by atoms with Crippen LogP contribution < -0.4 is 5.43 Å². The third kappa shape index (κ3) is 2.29. The van der Waals surface area contributed by atoms with Gasteiger partial charge in [0.1, 0.15) is 0 Å². The summed E-state index contributed by atoms with van der Waals surface area (Å²) < 4.78 is 19.4. The van der Waals surface area contributed by atoms with E-state index in [9.17, 15) is 9.18 Å². The molecule has 1 aliphatic rings. The van der Waals surface area contributed by atoms with Crippen LogP contribution in [0.25, 0.3) is 0 Å². The molecule has 1 fully saturated rings. The number of para-hydroxylation sites is 1. The van der Waals surface area contributed by atoms with Crippen LogP contribution in [0.1, 0.15) is 12.5 Å². The quantitative estimate of drug-likeness (QED) is 0.696. The van der Waals surface area contributed by atoms with Crippen LogP contribution in [0.5, 0.6) is 0 Å². The van der Waals surface area contributed by atoms with E-state index in [0.29, 0.717) is 5.69 Å². The van der Waals surface area contributed by atoms with Gasteiger partial charge in [-0.1, -0.05) is 18.2 Å². The van der Waals surface area contributed by atoms with Gasteiger partial charge in [0.15, 0.2) is 0 Å². The Kier molecular flexibility index (Phi) is 3.50. The molecule has 0 aliphatic carbocycles. The highest BCUT2D eigenvalue weighted by Gasteiger charge is 2.52. The first-order valence-electron chi connectivity index (χ1n) is 6.52. The number of amides is 1. The third-order valence-corrected chi connectivity index (χ3v) is 3.64. The molecule has 1 amide bonds. The molecule has 112 valence electrons. The Morgan fingerprint density at radius 1 is 1.27 bits per heavy atom. The van der Waals surface area contributed by atoms with Crippen molar-refractivity contribution < 1.29 is 13.9 Å². The molecular formula is C15H12FN3O2S. The van der Waals surface area contributed by atoms with E-state index in [-0.39, 0.29) is 10.7 Å². The summed E-state index contributed by atoms with van der Waals surface area (Å²) in [5, 5.41) is 1.02. The molecular weight excluding hydrogens is 305 g/mol. The van der Waals surface area contributed by atoms with Crippen LogP contribution in [-0.2, 0) is 15.1 Å². The van der Waals surface area contributed by atoms with Crippen molar-refractivity contribution in [1.82, 2.24) is 9.99 Å². The Hall–Kier alpha value is -2.54. The van der Waals surface area contributed by atoms with E-state index in [0.717, 1.165) is 5.01 Å². The number of halogens is 1. The maximum Gasteiger partial charge on any atom is 0.297 e. The number of aromatic nitrogens is 1. The first-order chi connectivity index (χ1) is 10.5. The number of carbonyl (C=O) groups is 1. The van der Waals surface area contributed by atoms with Crippen LogP contribution in [0.15, 0.2) is 48.7 Å². The Labute approximate surface area is 131 Å². The number of anilines is 1. The fourth-order valence-electron chi connectivity index (χ4n) is 2.21. The van der Waals surface area contributed by atoms with Crippen molar-refractivity contribution in [2.24, 2.45) is 0 Å². The summed E-state index contributed by atoms with van der Waals surface area (Å²) in [5.41, 5.74) is 2.02. The molecule has 3 rings (SSSR count). The lowest BCUT2D eigenvalue weighted by molar-refractivity contribution is -0.135. The first kappa shape index (κ1) is 14.4. The molecule has 1 saturated heterocycles. The van der Waals surface area contributed by atoms with Crippen molar-refractivity contribution in [3.05, 3.63) is 60.2 Å². The lowest BCUT2D eigenvalue weighted by atomic mass is 9.97. The second kappa shape index (κ2) is 5.34. The number of thiocarbonyl (C=S) groups is 1. The fraction of sp³-hybridized carbons (Fsp3) is 0.133. The molecule has 0 bridgehead atoms. The van der Waals surface area contributed by atoms with E-state index in [4.69, 9.17) is 17.0 Å². The third-order valence-electron chi connectivity index (χ3n) is 3.37. The van der Waals surface area contributed by atoms with Crippen molar-refractivity contribution >= 4 is 29.0 Å². The summed E-state index contributed by atoms with van der Waals surface area (Å²) >= 11 is 5.09. The second-order valence-corrected chi connectivity index (χ2v) is 5.21. The number of ether oxygens (including phenoxy) is 1. The standard InChI is InChI=1S/C15H12FN3O2S/c1-15(11-8-5-9-17-12(11)16)13(20)19(14(22)21-15)18-10-6-3-2-4-7-10/h2-9,18H,1H3. The van der Waals surface area contributed by atoms with Crippen molar-refractivity contribution in [2.75, 3.05) is 5.43 Å². The van der Waals surface area contributed by atoms with Gasteiger partial charge in [0.2, 0.25) is 11.5 Å². The highest BCUT2D eigenvalue weighted by Crippen LogP contribution is 2.35. The highest BCUT2D eigenvalue weighted by atomic mass is 32.1. The summed E-state index contributed by atoms with van der Waals surface area (Å²) in [6.07, 6.45) is 1.31. The molecule has 1 atom stereocenters. The molecule has 1 aromatic carbocycles. The van der Waals surface area contributed by atoms with Crippen molar-refractivity contribution in [2.45, 2.75) is 12.5 Å². The van der Waals surface area contributed by atoms with Crippen molar-refractivity contribution in [3.8, 4) is 0 Å². The first-order valence-corrected chi connectivity index (χ1v) is 6.93. The van der Waals surface area contributed by atoms with Gasteiger partial charge < -0.3 is 4.74 Å². The predicted molar refractivity (Wildman–Crippen MR) is 82.1 cm³/mol. The molecule has 0 radical (unpaired) electrons. The van der Waals surface area contributed by atoms with E-state index in [1.165, 1.54) is 25.3 Å². The van der Waals surface area contributed by atoms with Crippen LogP contribution in [0.2, 0.25) is 0 Å². The summed E-state index contributed by atoms with van der Waals surface area (Å²) in [6, 6.07) is 12.0. The molecule has 1 unspecified atom stereocenters. The largest absolute Gasteiger partial charge is 0.448 e. The minimum Gasteiger partial charge on any atom is -0.448 e. The lowest BCUT2D eigenvalue weighted by Crippen LogP contribution is -2.40. The number of hydrogen-bond donors (Lipinski definition) is 1. The van der Waals surface area contributed by atoms with Crippen molar-refractivity contribution in [1.29, 1.82) is 0 Å². The molecule has 7 heteroatoms. The maximum absolute atomic E-state index is 13.9. The maximum atomic E-state index is 13.9. The van der Waals surface area contributed by atoms with Gasteiger partial charge >= 0.3 is 0 Å². The van der Waals surface area contributed by atoms with Gasteiger partial charge in [0, 0.05) is 6.20 Å². The van der Waals surface area contributed by atoms with Crippen LogP contribution in [0, 0.1) is 5.95 Å². The molecule has 1 N–H and O–H groups in total. The second-order valence-electron chi connectivity index (χ2n) is 4.86. The number of nitrogens with zero attached hydrogens (tertiary/aromatic N) is 2. The molecule has 1 aromatic heterocycles. The van der Waals surface area contributed by atoms with Crippen LogP contribution >= 0.6 is 12.2 Å². The molecule has 0 saturated carbocycles. The van der Waals surface area contributed by atoms with Gasteiger partial charge in [-0.3, -0.25) is 10.2 Å². The Balaban J connectivity index is 1.93. The molecule has 2 aromatic rings. The number of hydrogen-bond acceptors (Lipinski definition) is 5. The molecule has 1 aliphatic heterocycles. The summed E-state index contributed by atoms with van der Waals surface area (Å²) in [4.78, 5) is 16.2. The molecule has 0 spiro atoms. The van der Waals surface area contributed by atoms with Gasteiger partial charge in [0.05, 0.1) is 11.3 Å². The summed E-state index contributed by atoms with van der Waals surface area (Å²) in [7, 11) is 0. The topological polar surface area (TPSA) is 54.5 Å². The van der Waals surface area contributed by atoms with E-state index >= 15 is 0 Å².